The Bertz CT molecular complexity index is 1120. The predicted octanol–water partition coefficient (Wildman–Crippen LogP) is 4.79. The van der Waals surface area contributed by atoms with Crippen LogP contribution in [0.3, 0.4) is 0 Å². The number of ether oxygens (including phenoxy) is 1. The van der Waals surface area contributed by atoms with Crippen molar-refractivity contribution in [3.63, 3.8) is 0 Å². The molecule has 0 aromatic heterocycles. The fraction of sp³-hybridized carbons (Fsp3) is 0.200. The van der Waals surface area contributed by atoms with Gasteiger partial charge in [0, 0.05) is 11.3 Å². The summed E-state index contributed by atoms with van der Waals surface area (Å²) in [7, 11) is 0. The minimum Gasteiger partial charge on any atom is -0.482 e. The Hall–Kier alpha value is -3.60. The maximum absolute atomic E-state index is 12.8. The van der Waals surface area contributed by atoms with Crippen molar-refractivity contribution in [2.45, 2.75) is 27.3 Å². The molecular weight excluding hydrogens is 376 g/mol. The van der Waals surface area contributed by atoms with E-state index in [4.69, 9.17) is 4.74 Å². The van der Waals surface area contributed by atoms with E-state index >= 15 is 0 Å². The van der Waals surface area contributed by atoms with Gasteiger partial charge in [0.2, 0.25) is 0 Å². The number of amides is 2. The van der Waals surface area contributed by atoms with E-state index in [1.165, 1.54) is 5.56 Å². The zero-order chi connectivity index (χ0) is 21.3. The molecule has 0 atom stereocenters. The SMILES string of the molecule is Cc1ccc(CN2C(=O)COc3ccc(C(=O)Nc4ccc(C)c(C)c4)cc32)cc1. The molecule has 3 aromatic rings. The third-order valence-corrected chi connectivity index (χ3v) is 5.39. The molecule has 2 amide bonds. The number of hydrogen-bond donors (Lipinski definition) is 1. The molecule has 1 N–H and O–H groups in total. The van der Waals surface area contributed by atoms with Crippen molar-refractivity contribution in [1.82, 2.24) is 0 Å². The third-order valence-electron chi connectivity index (χ3n) is 5.39. The monoisotopic (exact) mass is 400 g/mol. The van der Waals surface area contributed by atoms with Gasteiger partial charge in [0.05, 0.1) is 12.2 Å². The van der Waals surface area contributed by atoms with Crippen LogP contribution in [-0.2, 0) is 11.3 Å². The standard InChI is InChI=1S/C25H24N2O3/c1-16-4-7-19(8-5-16)14-27-22-13-20(9-11-23(22)30-15-24(27)28)25(29)26-21-10-6-17(2)18(3)12-21/h4-13H,14-15H2,1-3H3,(H,26,29). The van der Waals surface area contributed by atoms with Crippen LogP contribution in [0.25, 0.3) is 0 Å². The summed E-state index contributed by atoms with van der Waals surface area (Å²) in [5, 5.41) is 2.93. The van der Waals surface area contributed by atoms with Gasteiger partial charge < -0.3 is 15.0 Å². The second-order valence-corrected chi connectivity index (χ2v) is 7.69. The van der Waals surface area contributed by atoms with E-state index in [0.717, 1.165) is 22.4 Å². The van der Waals surface area contributed by atoms with E-state index < -0.39 is 0 Å². The Kier molecular flexibility index (Phi) is 5.27. The number of fused-ring (bicyclic) bond motifs is 1. The van der Waals surface area contributed by atoms with Crippen molar-refractivity contribution in [3.8, 4) is 5.75 Å². The smallest absolute Gasteiger partial charge is 0.265 e. The highest BCUT2D eigenvalue weighted by Gasteiger charge is 2.26. The summed E-state index contributed by atoms with van der Waals surface area (Å²) in [6, 6.07) is 19.1. The first-order chi connectivity index (χ1) is 14.4. The summed E-state index contributed by atoms with van der Waals surface area (Å²) in [5.41, 5.74) is 6.29. The van der Waals surface area contributed by atoms with Crippen LogP contribution in [0.4, 0.5) is 11.4 Å². The second kappa shape index (κ2) is 8.03. The molecule has 0 spiro atoms. The quantitative estimate of drug-likeness (QED) is 0.685. The molecule has 1 heterocycles. The highest BCUT2D eigenvalue weighted by Crippen LogP contribution is 2.34. The van der Waals surface area contributed by atoms with Crippen LogP contribution in [0.5, 0.6) is 5.75 Å². The minimum atomic E-state index is -0.227. The number of hydrogen-bond acceptors (Lipinski definition) is 3. The third kappa shape index (κ3) is 4.06. The predicted molar refractivity (Wildman–Crippen MR) is 118 cm³/mol. The maximum Gasteiger partial charge on any atom is 0.265 e. The van der Waals surface area contributed by atoms with Crippen LogP contribution >= 0.6 is 0 Å². The van der Waals surface area contributed by atoms with Crippen molar-refractivity contribution in [2.24, 2.45) is 0 Å². The largest absolute Gasteiger partial charge is 0.482 e. The van der Waals surface area contributed by atoms with Gasteiger partial charge >= 0.3 is 0 Å². The molecule has 4 rings (SSSR count). The zero-order valence-electron chi connectivity index (χ0n) is 17.4. The van der Waals surface area contributed by atoms with Crippen molar-refractivity contribution in [2.75, 3.05) is 16.8 Å². The van der Waals surface area contributed by atoms with Gasteiger partial charge in [0.25, 0.3) is 11.8 Å². The fourth-order valence-corrected chi connectivity index (χ4v) is 3.42. The van der Waals surface area contributed by atoms with Gasteiger partial charge in [-0.2, -0.15) is 0 Å². The van der Waals surface area contributed by atoms with Gasteiger partial charge in [-0.1, -0.05) is 35.9 Å². The Morgan fingerprint density at radius 2 is 1.73 bits per heavy atom. The summed E-state index contributed by atoms with van der Waals surface area (Å²) in [4.78, 5) is 27.1. The molecule has 1 aliphatic rings. The van der Waals surface area contributed by atoms with Crippen LogP contribution in [-0.4, -0.2) is 18.4 Å². The molecule has 0 unspecified atom stereocenters. The lowest BCUT2D eigenvalue weighted by molar-refractivity contribution is -0.121. The van der Waals surface area contributed by atoms with Crippen molar-refractivity contribution in [1.29, 1.82) is 0 Å². The molecule has 0 aliphatic carbocycles. The van der Waals surface area contributed by atoms with Crippen LogP contribution in [0, 0.1) is 20.8 Å². The van der Waals surface area contributed by atoms with Gasteiger partial charge in [0.1, 0.15) is 5.75 Å². The van der Waals surface area contributed by atoms with E-state index in [1.807, 2.05) is 63.2 Å². The summed E-state index contributed by atoms with van der Waals surface area (Å²) in [6.07, 6.45) is 0. The molecule has 0 bridgehead atoms. The number of rotatable bonds is 4. The van der Waals surface area contributed by atoms with E-state index in [-0.39, 0.29) is 18.4 Å². The summed E-state index contributed by atoms with van der Waals surface area (Å²) < 4.78 is 5.58. The van der Waals surface area contributed by atoms with E-state index in [2.05, 4.69) is 5.32 Å². The Morgan fingerprint density at radius 3 is 2.47 bits per heavy atom. The van der Waals surface area contributed by atoms with Gasteiger partial charge in [-0.05, 0) is 67.8 Å². The average molecular weight is 400 g/mol. The Balaban J connectivity index is 1.60. The lowest BCUT2D eigenvalue weighted by atomic mass is 10.1. The van der Waals surface area contributed by atoms with E-state index in [1.54, 1.807) is 23.1 Å². The normalized spacial score (nSPS) is 12.9. The number of anilines is 2. The van der Waals surface area contributed by atoms with Crippen molar-refractivity contribution >= 4 is 23.2 Å². The minimum absolute atomic E-state index is 0.00690. The summed E-state index contributed by atoms with van der Waals surface area (Å²) in [6.45, 7) is 6.49. The van der Waals surface area contributed by atoms with Crippen molar-refractivity contribution < 1.29 is 14.3 Å². The Morgan fingerprint density at radius 1 is 0.967 bits per heavy atom. The molecule has 5 heteroatoms. The number of aryl methyl sites for hydroxylation is 3. The molecule has 1 aliphatic heterocycles. The molecule has 0 radical (unpaired) electrons. The first-order valence-electron chi connectivity index (χ1n) is 9.92. The maximum atomic E-state index is 12.8. The van der Waals surface area contributed by atoms with Gasteiger partial charge in [-0.25, -0.2) is 0 Å². The molecule has 5 nitrogen and oxygen atoms in total. The van der Waals surface area contributed by atoms with Gasteiger partial charge in [-0.15, -0.1) is 0 Å². The molecule has 30 heavy (non-hydrogen) atoms. The van der Waals surface area contributed by atoms with Crippen LogP contribution in [0.15, 0.2) is 60.7 Å². The first kappa shape index (κ1) is 19.7. The summed E-state index contributed by atoms with van der Waals surface area (Å²) >= 11 is 0. The highest BCUT2D eigenvalue weighted by molar-refractivity contribution is 6.06. The lowest BCUT2D eigenvalue weighted by Crippen LogP contribution is -2.38. The van der Waals surface area contributed by atoms with Crippen LogP contribution in [0.2, 0.25) is 0 Å². The number of nitrogens with zero attached hydrogens (tertiary/aromatic N) is 1. The van der Waals surface area contributed by atoms with E-state index in [9.17, 15) is 9.59 Å². The number of nitrogens with one attached hydrogen (secondary N) is 1. The van der Waals surface area contributed by atoms with E-state index in [0.29, 0.717) is 23.5 Å². The Labute approximate surface area is 176 Å². The van der Waals surface area contributed by atoms with Crippen LogP contribution < -0.4 is 15.0 Å². The van der Waals surface area contributed by atoms with Gasteiger partial charge in [-0.3, -0.25) is 9.59 Å². The molecule has 0 saturated heterocycles. The number of carbonyl (C=O) groups excluding carboxylic acids is 2. The average Bonchev–Trinajstić information content (AvgIpc) is 2.74. The molecule has 0 saturated carbocycles. The topological polar surface area (TPSA) is 58.6 Å². The zero-order valence-corrected chi connectivity index (χ0v) is 17.4. The molecule has 0 fully saturated rings. The summed E-state index contributed by atoms with van der Waals surface area (Å²) in [5.74, 6) is 0.244. The van der Waals surface area contributed by atoms with Crippen LogP contribution in [0.1, 0.15) is 32.6 Å². The fourth-order valence-electron chi connectivity index (χ4n) is 3.42. The van der Waals surface area contributed by atoms with Gasteiger partial charge in [0.15, 0.2) is 6.61 Å². The number of benzene rings is 3. The highest BCUT2D eigenvalue weighted by atomic mass is 16.5. The first-order valence-corrected chi connectivity index (χ1v) is 9.92. The lowest BCUT2D eigenvalue weighted by Gasteiger charge is -2.30. The molecular formula is C25H24N2O3. The molecule has 3 aromatic carbocycles. The van der Waals surface area contributed by atoms with Crippen molar-refractivity contribution in [3.05, 3.63) is 88.5 Å². The number of carbonyl (C=O) groups is 2. The molecule has 152 valence electrons. The second-order valence-electron chi connectivity index (χ2n) is 7.69.